The van der Waals surface area contributed by atoms with Gasteiger partial charge in [-0.1, -0.05) is 0 Å². The quantitative estimate of drug-likeness (QED) is 0.633. The van der Waals surface area contributed by atoms with Gasteiger partial charge in [-0.25, -0.2) is 0 Å². The monoisotopic (exact) mass is 273 g/mol. The van der Waals surface area contributed by atoms with Gasteiger partial charge in [0.1, 0.15) is 13.1 Å². The molecule has 7 heteroatoms. The van der Waals surface area contributed by atoms with E-state index in [-0.39, 0.29) is 24.9 Å². The summed E-state index contributed by atoms with van der Waals surface area (Å²) in [5.74, 6) is -1.75. The van der Waals surface area contributed by atoms with Gasteiger partial charge in [0.2, 0.25) is 5.91 Å². The molecule has 1 atom stereocenters. The zero-order chi connectivity index (χ0) is 14.3. The first-order valence-corrected chi connectivity index (χ1v) is 6.08. The van der Waals surface area contributed by atoms with Gasteiger partial charge < -0.3 is 19.1 Å². The van der Waals surface area contributed by atoms with Gasteiger partial charge in [-0.15, -0.1) is 0 Å². The van der Waals surface area contributed by atoms with Crippen LogP contribution in [0.1, 0.15) is 12.8 Å². The second-order valence-corrected chi connectivity index (χ2v) is 4.26. The summed E-state index contributed by atoms with van der Waals surface area (Å²) in [7, 11) is 2.46. The lowest BCUT2D eigenvalue weighted by atomic mass is 10.0. The van der Waals surface area contributed by atoms with Crippen LogP contribution in [0.4, 0.5) is 0 Å². The predicted octanol–water partition coefficient (Wildman–Crippen LogP) is -0.412. The lowest BCUT2D eigenvalue weighted by Gasteiger charge is -2.27. The highest BCUT2D eigenvalue weighted by Crippen LogP contribution is 2.16. The predicted molar refractivity (Wildman–Crippen MR) is 64.2 cm³/mol. The van der Waals surface area contributed by atoms with Gasteiger partial charge in [-0.05, 0) is 12.8 Å². The summed E-state index contributed by atoms with van der Waals surface area (Å²) in [4.78, 5) is 35.9. The highest BCUT2D eigenvalue weighted by atomic mass is 16.5. The van der Waals surface area contributed by atoms with Crippen LogP contribution in [0.5, 0.6) is 0 Å². The van der Waals surface area contributed by atoms with Crippen molar-refractivity contribution in [3.05, 3.63) is 0 Å². The van der Waals surface area contributed by atoms with Gasteiger partial charge >= 0.3 is 11.9 Å². The molecule has 0 spiro atoms. The molecule has 19 heavy (non-hydrogen) atoms. The Bertz CT molecular complexity index is 319. The maximum Gasteiger partial charge on any atom is 0.325 e. The highest BCUT2D eigenvalue weighted by Gasteiger charge is 2.29. The summed E-state index contributed by atoms with van der Waals surface area (Å²) in [5, 5.41) is 0. The second kappa shape index (κ2) is 7.73. The van der Waals surface area contributed by atoms with Gasteiger partial charge in [-0.3, -0.25) is 14.4 Å². The van der Waals surface area contributed by atoms with Crippen molar-refractivity contribution >= 4 is 17.8 Å². The lowest BCUT2D eigenvalue weighted by Crippen LogP contribution is -2.45. The highest BCUT2D eigenvalue weighted by molar-refractivity contribution is 5.87. The van der Waals surface area contributed by atoms with E-state index < -0.39 is 11.9 Å². The average molecular weight is 273 g/mol. The molecule has 0 saturated carbocycles. The number of hydrogen-bond donors (Lipinski definition) is 0. The third-order valence-electron chi connectivity index (χ3n) is 2.92. The summed E-state index contributed by atoms with van der Waals surface area (Å²) in [6, 6.07) is 0. The van der Waals surface area contributed by atoms with Crippen molar-refractivity contribution < 1.29 is 28.6 Å². The van der Waals surface area contributed by atoms with Crippen molar-refractivity contribution in [3.63, 3.8) is 0 Å². The first kappa shape index (κ1) is 15.4. The Labute approximate surface area is 111 Å². The zero-order valence-corrected chi connectivity index (χ0v) is 11.2. The number of ether oxygens (including phenoxy) is 3. The van der Waals surface area contributed by atoms with Crippen LogP contribution < -0.4 is 0 Å². The van der Waals surface area contributed by atoms with E-state index in [4.69, 9.17) is 4.74 Å². The molecule has 108 valence electrons. The second-order valence-electron chi connectivity index (χ2n) is 4.26. The molecule has 0 bridgehead atoms. The van der Waals surface area contributed by atoms with E-state index in [1.54, 1.807) is 0 Å². The molecule has 1 heterocycles. The first-order valence-electron chi connectivity index (χ1n) is 6.08. The fourth-order valence-corrected chi connectivity index (χ4v) is 1.85. The molecule has 0 aromatic carbocycles. The van der Waals surface area contributed by atoms with Crippen LogP contribution in [0.3, 0.4) is 0 Å². The van der Waals surface area contributed by atoms with Crippen LogP contribution >= 0.6 is 0 Å². The molecular weight excluding hydrogens is 254 g/mol. The van der Waals surface area contributed by atoms with E-state index in [1.165, 1.54) is 14.2 Å². The van der Waals surface area contributed by atoms with Crippen molar-refractivity contribution in [2.24, 2.45) is 5.92 Å². The zero-order valence-electron chi connectivity index (χ0n) is 11.2. The van der Waals surface area contributed by atoms with Gasteiger partial charge in [0.05, 0.1) is 26.7 Å². The fraction of sp³-hybridized carbons (Fsp3) is 0.750. The number of carbonyl (C=O) groups is 3. The topological polar surface area (TPSA) is 82.1 Å². The number of hydrogen-bond acceptors (Lipinski definition) is 6. The van der Waals surface area contributed by atoms with E-state index >= 15 is 0 Å². The molecule has 0 N–H and O–H groups in total. The Kier molecular flexibility index (Phi) is 6.27. The van der Waals surface area contributed by atoms with Crippen LogP contribution in [0.15, 0.2) is 0 Å². The molecule has 1 amide bonds. The number of esters is 2. The van der Waals surface area contributed by atoms with Crippen LogP contribution in [-0.4, -0.2) is 63.3 Å². The fourth-order valence-electron chi connectivity index (χ4n) is 1.85. The largest absolute Gasteiger partial charge is 0.468 e. The molecule has 1 unspecified atom stereocenters. The number of methoxy groups -OCH3 is 2. The summed E-state index contributed by atoms with van der Waals surface area (Å²) in [5.41, 5.74) is 0. The van der Waals surface area contributed by atoms with Crippen molar-refractivity contribution in [2.75, 3.05) is 40.5 Å². The summed E-state index contributed by atoms with van der Waals surface area (Å²) in [6.45, 7) is 0.428. The van der Waals surface area contributed by atoms with Crippen LogP contribution in [-0.2, 0) is 28.6 Å². The maximum absolute atomic E-state index is 12.2. The minimum absolute atomic E-state index is 0.263. The number of amides is 1. The van der Waals surface area contributed by atoms with Crippen LogP contribution in [0.2, 0.25) is 0 Å². The molecule has 0 aliphatic carbocycles. The Morgan fingerprint density at radius 2 is 1.74 bits per heavy atom. The minimum Gasteiger partial charge on any atom is -0.468 e. The van der Waals surface area contributed by atoms with E-state index in [9.17, 15) is 14.4 Å². The smallest absolute Gasteiger partial charge is 0.325 e. The Morgan fingerprint density at radius 1 is 1.16 bits per heavy atom. The molecule has 1 rings (SSSR count). The molecular formula is C12H19NO6. The molecule has 0 radical (unpaired) electrons. The Hall–Kier alpha value is -1.63. The van der Waals surface area contributed by atoms with Crippen molar-refractivity contribution in [1.29, 1.82) is 0 Å². The summed E-state index contributed by atoms with van der Waals surface area (Å²) < 4.78 is 14.3. The van der Waals surface area contributed by atoms with Crippen molar-refractivity contribution in [3.8, 4) is 0 Å². The third-order valence-corrected chi connectivity index (χ3v) is 2.92. The van der Waals surface area contributed by atoms with Gasteiger partial charge in [0, 0.05) is 6.61 Å². The summed E-state index contributed by atoms with van der Waals surface area (Å²) in [6.07, 6.45) is 1.48. The third kappa shape index (κ3) is 4.86. The molecule has 1 aliphatic heterocycles. The maximum atomic E-state index is 12.2. The number of rotatable bonds is 5. The Morgan fingerprint density at radius 3 is 2.16 bits per heavy atom. The van der Waals surface area contributed by atoms with Gasteiger partial charge in [0.25, 0.3) is 0 Å². The van der Waals surface area contributed by atoms with Crippen molar-refractivity contribution in [1.82, 2.24) is 4.90 Å². The van der Waals surface area contributed by atoms with E-state index in [2.05, 4.69) is 9.47 Å². The van der Waals surface area contributed by atoms with Gasteiger partial charge in [0.15, 0.2) is 0 Å². The molecule has 1 fully saturated rings. The minimum atomic E-state index is -0.575. The van der Waals surface area contributed by atoms with E-state index in [0.717, 1.165) is 11.3 Å². The van der Waals surface area contributed by atoms with Crippen molar-refractivity contribution in [2.45, 2.75) is 12.8 Å². The molecule has 0 aromatic rings. The van der Waals surface area contributed by atoms with E-state index in [1.807, 2.05) is 0 Å². The average Bonchev–Trinajstić information content (AvgIpc) is 2.46. The standard InChI is InChI=1S/C12H19NO6/c1-17-10(14)6-13(7-11(15)18-2)12(16)9-4-3-5-19-8-9/h9H,3-8H2,1-2H3. The molecule has 7 nitrogen and oxygen atoms in total. The molecule has 0 aromatic heterocycles. The number of nitrogens with zero attached hydrogens (tertiary/aromatic N) is 1. The van der Waals surface area contributed by atoms with Crippen LogP contribution in [0, 0.1) is 5.92 Å². The number of carbonyl (C=O) groups excluding carboxylic acids is 3. The molecule has 1 saturated heterocycles. The van der Waals surface area contributed by atoms with Gasteiger partial charge in [-0.2, -0.15) is 0 Å². The first-order chi connectivity index (χ1) is 9.08. The lowest BCUT2D eigenvalue weighted by molar-refractivity contribution is -0.155. The Balaban J connectivity index is 2.66. The SMILES string of the molecule is COC(=O)CN(CC(=O)OC)C(=O)C1CCCOC1. The normalized spacial score (nSPS) is 18.5. The van der Waals surface area contributed by atoms with Crippen LogP contribution in [0.25, 0.3) is 0 Å². The molecule has 1 aliphatic rings. The summed E-state index contributed by atoms with van der Waals surface area (Å²) >= 11 is 0. The van der Waals surface area contributed by atoms with E-state index in [0.29, 0.717) is 19.6 Å².